The molecule has 0 aromatic heterocycles. The van der Waals surface area contributed by atoms with E-state index in [1.54, 1.807) is 6.08 Å². The first-order valence-corrected chi connectivity index (χ1v) is 5.01. The fourth-order valence-electron chi connectivity index (χ4n) is 1.77. The highest BCUT2D eigenvalue weighted by Gasteiger charge is 2.32. The summed E-state index contributed by atoms with van der Waals surface area (Å²) in [7, 11) is 0. The van der Waals surface area contributed by atoms with Crippen molar-refractivity contribution < 1.29 is 9.53 Å². The molecule has 0 amide bonds. The number of rotatable bonds is 5. The zero-order valence-corrected chi connectivity index (χ0v) is 10.1. The van der Waals surface area contributed by atoms with Crippen LogP contribution in [0.15, 0.2) is 12.7 Å². The van der Waals surface area contributed by atoms with Crippen LogP contribution in [-0.2, 0) is 9.53 Å². The molecule has 0 fully saturated rings. The van der Waals surface area contributed by atoms with Crippen molar-refractivity contribution in [1.82, 2.24) is 0 Å². The van der Waals surface area contributed by atoms with E-state index in [0.29, 0.717) is 12.8 Å². The van der Waals surface area contributed by atoms with E-state index < -0.39 is 5.60 Å². The summed E-state index contributed by atoms with van der Waals surface area (Å²) in [5, 5.41) is 0. The third-order valence-corrected chi connectivity index (χ3v) is 2.22. The van der Waals surface area contributed by atoms with Crippen LogP contribution in [0.3, 0.4) is 0 Å². The molecule has 0 N–H and O–H groups in total. The summed E-state index contributed by atoms with van der Waals surface area (Å²) >= 11 is 0. The predicted octanol–water partition coefficient (Wildman–Crippen LogP) is 2.93. The number of hydrogen-bond acceptors (Lipinski definition) is 2. The minimum atomic E-state index is -0.633. The molecule has 15 heavy (non-hydrogen) atoms. The summed E-state index contributed by atoms with van der Waals surface area (Å²) in [4.78, 5) is 11.0. The van der Waals surface area contributed by atoms with E-state index in [4.69, 9.17) is 11.2 Å². The Bertz CT molecular complexity index is 283. The highest BCUT2D eigenvalue weighted by Crippen LogP contribution is 2.33. The van der Waals surface area contributed by atoms with E-state index in [0.717, 1.165) is 0 Å². The predicted molar refractivity (Wildman–Crippen MR) is 62.2 cm³/mol. The van der Waals surface area contributed by atoms with Crippen LogP contribution >= 0.6 is 0 Å². The summed E-state index contributed by atoms with van der Waals surface area (Å²) in [6.07, 6.45) is 8.28. The number of hydrogen-bond donors (Lipinski definition) is 0. The molecule has 2 nitrogen and oxygen atoms in total. The first-order chi connectivity index (χ1) is 6.74. The summed E-state index contributed by atoms with van der Waals surface area (Å²) in [6.45, 7) is 11.1. The number of esters is 1. The Hall–Kier alpha value is -1.23. The van der Waals surface area contributed by atoms with E-state index in [1.165, 1.54) is 6.92 Å². The van der Waals surface area contributed by atoms with Crippen molar-refractivity contribution in [3.05, 3.63) is 12.7 Å². The molecule has 0 saturated heterocycles. The fraction of sp³-hybridized carbons (Fsp3) is 0.615. The third-order valence-electron chi connectivity index (χ3n) is 2.22. The molecular weight excluding hydrogens is 188 g/mol. The van der Waals surface area contributed by atoms with Crippen LogP contribution in [0.5, 0.6) is 0 Å². The molecule has 0 aliphatic rings. The average Bonchev–Trinajstić information content (AvgIpc) is 2.01. The second kappa shape index (κ2) is 5.02. The lowest BCUT2D eigenvalue weighted by Gasteiger charge is -2.33. The van der Waals surface area contributed by atoms with Gasteiger partial charge in [0.25, 0.3) is 0 Å². The Kier molecular flexibility index (Phi) is 4.61. The quantitative estimate of drug-likeness (QED) is 0.394. The number of ether oxygens (including phenoxy) is 1. The molecule has 2 heteroatoms. The van der Waals surface area contributed by atoms with E-state index in [1.807, 2.05) is 6.92 Å². The number of terminal acetylenes is 1. The smallest absolute Gasteiger partial charge is 0.303 e. The van der Waals surface area contributed by atoms with Gasteiger partial charge in [-0.1, -0.05) is 20.4 Å². The summed E-state index contributed by atoms with van der Waals surface area (Å²) in [5.74, 6) is 2.34. The SMILES string of the molecule is C#CCC(C)(C)CC(C)(C=C)OC(C)=O. The van der Waals surface area contributed by atoms with Gasteiger partial charge in [0.05, 0.1) is 0 Å². The maximum atomic E-state index is 11.0. The van der Waals surface area contributed by atoms with Crippen LogP contribution in [0.1, 0.15) is 40.5 Å². The molecule has 1 atom stereocenters. The molecular formula is C13H20O2. The zero-order valence-electron chi connectivity index (χ0n) is 10.1. The monoisotopic (exact) mass is 208 g/mol. The maximum Gasteiger partial charge on any atom is 0.303 e. The molecule has 0 aromatic rings. The van der Waals surface area contributed by atoms with Crippen molar-refractivity contribution in [3.63, 3.8) is 0 Å². The van der Waals surface area contributed by atoms with Crippen molar-refractivity contribution >= 4 is 5.97 Å². The van der Waals surface area contributed by atoms with Crippen molar-refractivity contribution in [1.29, 1.82) is 0 Å². The van der Waals surface area contributed by atoms with Gasteiger partial charge < -0.3 is 4.74 Å². The third kappa shape index (κ3) is 5.27. The highest BCUT2D eigenvalue weighted by molar-refractivity contribution is 5.66. The first-order valence-electron chi connectivity index (χ1n) is 5.01. The van der Waals surface area contributed by atoms with E-state index >= 15 is 0 Å². The molecule has 0 rings (SSSR count). The van der Waals surface area contributed by atoms with Gasteiger partial charge >= 0.3 is 5.97 Å². The Morgan fingerprint density at radius 3 is 2.40 bits per heavy atom. The summed E-state index contributed by atoms with van der Waals surface area (Å²) < 4.78 is 5.24. The number of carbonyl (C=O) groups excluding carboxylic acids is 1. The van der Waals surface area contributed by atoms with Crippen molar-refractivity contribution in [2.75, 3.05) is 0 Å². The molecule has 0 spiro atoms. The lowest BCUT2D eigenvalue weighted by atomic mass is 9.78. The van der Waals surface area contributed by atoms with E-state index in [2.05, 4.69) is 26.3 Å². The topological polar surface area (TPSA) is 26.3 Å². The Morgan fingerprint density at radius 1 is 1.53 bits per heavy atom. The average molecular weight is 208 g/mol. The van der Waals surface area contributed by atoms with Crippen LogP contribution in [-0.4, -0.2) is 11.6 Å². The lowest BCUT2D eigenvalue weighted by molar-refractivity contribution is -0.153. The van der Waals surface area contributed by atoms with Crippen LogP contribution < -0.4 is 0 Å². The van der Waals surface area contributed by atoms with Crippen molar-refractivity contribution in [2.24, 2.45) is 5.41 Å². The Morgan fingerprint density at radius 2 is 2.07 bits per heavy atom. The molecule has 0 aliphatic heterocycles. The largest absolute Gasteiger partial charge is 0.455 e. The van der Waals surface area contributed by atoms with Crippen LogP contribution in [0.4, 0.5) is 0 Å². The van der Waals surface area contributed by atoms with Crippen molar-refractivity contribution in [2.45, 2.75) is 46.1 Å². The highest BCUT2D eigenvalue weighted by atomic mass is 16.6. The normalized spacial score (nSPS) is 14.9. The minimum absolute atomic E-state index is 0.0624. The van der Waals surface area contributed by atoms with Gasteiger partial charge in [0.1, 0.15) is 5.60 Å². The van der Waals surface area contributed by atoms with Gasteiger partial charge in [-0.2, -0.15) is 0 Å². The maximum absolute atomic E-state index is 11.0. The minimum Gasteiger partial charge on any atom is -0.455 e. The molecule has 0 radical (unpaired) electrons. The molecule has 84 valence electrons. The van der Waals surface area contributed by atoms with E-state index in [-0.39, 0.29) is 11.4 Å². The van der Waals surface area contributed by atoms with Crippen molar-refractivity contribution in [3.8, 4) is 12.3 Å². The first kappa shape index (κ1) is 13.8. The summed E-state index contributed by atoms with van der Waals surface area (Å²) in [6, 6.07) is 0. The lowest BCUT2D eigenvalue weighted by Crippen LogP contribution is -2.34. The summed E-state index contributed by atoms with van der Waals surface area (Å²) in [5.41, 5.74) is -0.695. The molecule has 0 bridgehead atoms. The van der Waals surface area contributed by atoms with Gasteiger partial charge in [-0.25, -0.2) is 0 Å². The van der Waals surface area contributed by atoms with E-state index in [9.17, 15) is 4.79 Å². The molecule has 0 aromatic carbocycles. The second-order valence-corrected chi connectivity index (χ2v) is 4.83. The van der Waals surface area contributed by atoms with Crippen LogP contribution in [0.2, 0.25) is 0 Å². The van der Waals surface area contributed by atoms with Gasteiger partial charge in [0.15, 0.2) is 0 Å². The zero-order chi connectivity index (χ0) is 12.1. The molecule has 0 saturated carbocycles. The molecule has 0 aliphatic carbocycles. The van der Waals surface area contributed by atoms with Gasteiger partial charge in [-0.05, 0) is 24.8 Å². The van der Waals surface area contributed by atoms with Gasteiger partial charge in [-0.3, -0.25) is 4.79 Å². The molecule has 1 unspecified atom stereocenters. The second-order valence-electron chi connectivity index (χ2n) is 4.83. The van der Waals surface area contributed by atoms with Gasteiger partial charge in [-0.15, -0.1) is 12.3 Å². The standard InChI is InChI=1S/C13H20O2/c1-7-9-12(4,5)10-13(6,8-2)15-11(3)14/h1,8H,2,9-10H2,3-6H3. The van der Waals surface area contributed by atoms with Gasteiger partial charge in [0.2, 0.25) is 0 Å². The fourth-order valence-corrected chi connectivity index (χ4v) is 1.77. The molecule has 0 heterocycles. The number of carbonyl (C=O) groups is 1. The van der Waals surface area contributed by atoms with Gasteiger partial charge in [0, 0.05) is 13.3 Å². The van der Waals surface area contributed by atoms with Crippen LogP contribution in [0, 0.1) is 17.8 Å². The Labute approximate surface area is 92.7 Å². The Balaban J connectivity index is 4.64. The van der Waals surface area contributed by atoms with Crippen LogP contribution in [0.25, 0.3) is 0 Å².